The van der Waals surface area contributed by atoms with Crippen molar-refractivity contribution >= 4 is 18.1 Å². The first-order valence-corrected chi connectivity index (χ1v) is 16.6. The first-order valence-electron chi connectivity index (χ1n) is 16.6. The van der Waals surface area contributed by atoms with Gasteiger partial charge in [-0.3, -0.25) is 14.4 Å². The maximum absolute atomic E-state index is 14.2. The lowest BCUT2D eigenvalue weighted by Gasteiger charge is -2.61. The van der Waals surface area contributed by atoms with E-state index in [4.69, 9.17) is 9.47 Å². The Hall–Kier alpha value is -2.91. The molecule has 9 nitrogen and oxygen atoms in total. The van der Waals surface area contributed by atoms with Crippen molar-refractivity contribution in [3.05, 3.63) is 34.9 Å². The van der Waals surface area contributed by atoms with Crippen molar-refractivity contribution in [3.63, 3.8) is 0 Å². The normalized spacial score (nSPS) is 31.6. The summed E-state index contributed by atoms with van der Waals surface area (Å²) >= 11 is 0. The smallest absolute Gasteiger partial charge is 0.247 e. The molecule has 1 aliphatic heterocycles. The van der Waals surface area contributed by atoms with Crippen LogP contribution in [-0.4, -0.2) is 78.3 Å². The Kier molecular flexibility index (Phi) is 8.81. The van der Waals surface area contributed by atoms with Gasteiger partial charge in [0.1, 0.15) is 18.5 Å². The molecular weight excluding hydrogens is 560 g/mol. The number of carbonyl (C=O) groups is 3. The number of rotatable bonds is 11. The van der Waals surface area contributed by atoms with E-state index in [1.54, 1.807) is 18.2 Å². The zero-order valence-corrected chi connectivity index (χ0v) is 26.3. The Bertz CT molecular complexity index is 1300. The van der Waals surface area contributed by atoms with Gasteiger partial charge < -0.3 is 29.9 Å². The summed E-state index contributed by atoms with van der Waals surface area (Å²) in [5.41, 5.74) is 1.57. The molecule has 0 radical (unpaired) electrons. The summed E-state index contributed by atoms with van der Waals surface area (Å²) in [6.07, 6.45) is 9.92. The number of nitrogens with one attached hydrogen (secondary N) is 1. The van der Waals surface area contributed by atoms with Crippen molar-refractivity contribution in [2.24, 2.45) is 29.1 Å². The number of aliphatic hydroxyl groups excluding tert-OH is 2. The molecule has 0 saturated heterocycles. The second-order valence-corrected chi connectivity index (χ2v) is 14.3. The van der Waals surface area contributed by atoms with Crippen LogP contribution in [0, 0.1) is 29.1 Å². The molecule has 240 valence electrons. The predicted molar refractivity (Wildman–Crippen MR) is 165 cm³/mol. The number of aldehydes is 1. The van der Waals surface area contributed by atoms with Gasteiger partial charge in [-0.05, 0) is 73.0 Å². The van der Waals surface area contributed by atoms with E-state index in [0.29, 0.717) is 58.9 Å². The topological polar surface area (TPSA) is 125 Å². The maximum Gasteiger partial charge on any atom is 0.247 e. The molecule has 6 aliphatic rings. The number of benzene rings is 1. The van der Waals surface area contributed by atoms with Gasteiger partial charge in [-0.1, -0.05) is 39.5 Å². The minimum absolute atomic E-state index is 0.0151. The molecule has 2 amide bonds. The lowest BCUT2D eigenvalue weighted by Crippen LogP contribution is -2.59. The maximum atomic E-state index is 14.2. The Morgan fingerprint density at radius 1 is 1.18 bits per heavy atom. The number of hydrogen-bond acceptors (Lipinski definition) is 7. The van der Waals surface area contributed by atoms with E-state index in [1.807, 2.05) is 4.90 Å². The van der Waals surface area contributed by atoms with Gasteiger partial charge in [-0.25, -0.2) is 0 Å². The third-order valence-electron chi connectivity index (χ3n) is 11.8. The molecule has 0 aromatic heterocycles. The van der Waals surface area contributed by atoms with Crippen LogP contribution < -0.4 is 14.8 Å². The van der Waals surface area contributed by atoms with E-state index >= 15 is 0 Å². The lowest BCUT2D eigenvalue weighted by atomic mass is 9.45. The van der Waals surface area contributed by atoms with Crippen LogP contribution in [0.25, 0.3) is 0 Å². The molecule has 4 fully saturated rings. The molecule has 5 aliphatic carbocycles. The Morgan fingerprint density at radius 3 is 2.61 bits per heavy atom. The van der Waals surface area contributed by atoms with Gasteiger partial charge in [0.15, 0.2) is 11.5 Å². The molecule has 7 unspecified atom stereocenters. The summed E-state index contributed by atoms with van der Waals surface area (Å²) in [7, 11) is 1.49. The van der Waals surface area contributed by atoms with Crippen molar-refractivity contribution in [3.8, 4) is 11.5 Å². The second kappa shape index (κ2) is 12.5. The van der Waals surface area contributed by atoms with Crippen molar-refractivity contribution in [1.29, 1.82) is 0 Å². The van der Waals surface area contributed by atoms with E-state index in [1.165, 1.54) is 26.4 Å². The van der Waals surface area contributed by atoms with Crippen LogP contribution >= 0.6 is 0 Å². The fourth-order valence-corrected chi connectivity index (χ4v) is 9.15. The number of methoxy groups -OCH3 is 1. The van der Waals surface area contributed by atoms with Gasteiger partial charge in [0.25, 0.3) is 0 Å². The van der Waals surface area contributed by atoms with Crippen molar-refractivity contribution in [1.82, 2.24) is 10.2 Å². The third-order valence-corrected chi connectivity index (χ3v) is 11.8. The molecular formula is C35H48N2O7. The quantitative estimate of drug-likeness (QED) is 0.324. The fourth-order valence-electron chi connectivity index (χ4n) is 9.15. The highest BCUT2D eigenvalue weighted by atomic mass is 16.5. The first kappa shape index (κ1) is 31.1. The number of ether oxygens (including phenoxy) is 2. The van der Waals surface area contributed by atoms with Crippen LogP contribution in [0.4, 0.5) is 0 Å². The van der Waals surface area contributed by atoms with Gasteiger partial charge in [-0.15, -0.1) is 0 Å². The van der Waals surface area contributed by atoms with Crippen molar-refractivity contribution in [2.45, 2.75) is 95.8 Å². The molecule has 7 atom stereocenters. The monoisotopic (exact) mass is 608 g/mol. The van der Waals surface area contributed by atoms with E-state index in [9.17, 15) is 24.6 Å². The Balaban J connectivity index is 1.37. The zero-order chi connectivity index (χ0) is 31.2. The number of amides is 2. The highest BCUT2D eigenvalue weighted by Gasteiger charge is 2.56. The Labute approximate surface area is 260 Å². The Morgan fingerprint density at radius 2 is 1.95 bits per heavy atom. The molecule has 9 heteroatoms. The van der Waals surface area contributed by atoms with Crippen LogP contribution in [0.1, 0.15) is 93.5 Å². The summed E-state index contributed by atoms with van der Waals surface area (Å²) in [5, 5.41) is 24.3. The van der Waals surface area contributed by atoms with E-state index in [0.717, 1.165) is 44.3 Å². The van der Waals surface area contributed by atoms with Gasteiger partial charge in [0, 0.05) is 36.2 Å². The average Bonchev–Trinajstić information content (AvgIpc) is 3.70. The molecule has 3 N–H and O–H groups in total. The molecule has 4 saturated carbocycles. The summed E-state index contributed by atoms with van der Waals surface area (Å²) in [5.74, 6) is 1.84. The summed E-state index contributed by atoms with van der Waals surface area (Å²) in [6.45, 7) is 5.07. The third kappa shape index (κ3) is 5.44. The van der Waals surface area contributed by atoms with Crippen LogP contribution in [0.15, 0.2) is 23.8 Å². The summed E-state index contributed by atoms with van der Waals surface area (Å²) in [6, 6.07) is 2.50. The minimum atomic E-state index is -1.10. The van der Waals surface area contributed by atoms with Crippen molar-refractivity contribution in [2.75, 3.05) is 26.8 Å². The van der Waals surface area contributed by atoms with E-state index in [-0.39, 0.29) is 24.5 Å². The zero-order valence-electron chi connectivity index (χ0n) is 26.3. The summed E-state index contributed by atoms with van der Waals surface area (Å²) in [4.78, 5) is 41.5. The molecule has 1 heterocycles. The van der Waals surface area contributed by atoms with Crippen molar-refractivity contribution < 1.29 is 34.1 Å². The minimum Gasteiger partial charge on any atom is -0.493 e. The summed E-state index contributed by atoms with van der Waals surface area (Å²) < 4.78 is 11.9. The number of fused-ring (bicyclic) bond motifs is 5. The van der Waals surface area contributed by atoms with E-state index in [2.05, 4.69) is 19.2 Å². The molecule has 0 spiro atoms. The van der Waals surface area contributed by atoms with E-state index < -0.39 is 30.1 Å². The first-order chi connectivity index (χ1) is 21.2. The molecule has 44 heavy (non-hydrogen) atoms. The van der Waals surface area contributed by atoms with Crippen LogP contribution in [0.2, 0.25) is 0 Å². The number of hydrogen-bond donors (Lipinski definition) is 3. The van der Waals surface area contributed by atoms with Crippen LogP contribution in [0.5, 0.6) is 11.5 Å². The van der Waals surface area contributed by atoms with Gasteiger partial charge in [-0.2, -0.15) is 0 Å². The van der Waals surface area contributed by atoms with Crippen LogP contribution in [0.3, 0.4) is 0 Å². The molecule has 1 aromatic carbocycles. The lowest BCUT2D eigenvalue weighted by molar-refractivity contribution is -0.146. The molecule has 1 aromatic rings. The second-order valence-electron chi connectivity index (χ2n) is 14.3. The average molecular weight is 609 g/mol. The number of carbonyl (C=O) groups excluding carboxylic acids is 3. The predicted octanol–water partition coefficient (Wildman–Crippen LogP) is 4.00. The number of aliphatic hydroxyl groups is 2. The fraction of sp³-hybridized carbons (Fsp3) is 0.686. The van der Waals surface area contributed by atoms with Gasteiger partial charge in [0.2, 0.25) is 11.8 Å². The molecule has 2 bridgehead atoms. The highest BCUT2D eigenvalue weighted by molar-refractivity contribution is 5.96. The standard InChI is InChI=1S/C35H48N2O7/c1-35(2)23-10-9-22(26(35)16-23)18-37(29(40)11-8-20-6-4-5-7-20)27-17-25(34(42)36-12-13-38)30-24-14-21(19-39)15-28(43-3)32(24)44-33(30)31(27)41/h14-15,17,19-20,22-23,26-27,30-31,33,38,41H,4-13,16,18H2,1-3H3,(H,36,42). The largest absolute Gasteiger partial charge is 0.493 e. The van der Waals surface area contributed by atoms with Gasteiger partial charge >= 0.3 is 0 Å². The number of nitrogens with zero attached hydrogens (tertiary/aromatic N) is 1. The van der Waals surface area contributed by atoms with Gasteiger partial charge in [0.05, 0.1) is 25.7 Å². The SMILES string of the molecule is COc1cc(C=O)cc2c1OC1C2C(C(=O)NCCO)=CC(N(CC2CCC3CC2C3(C)C)C(=O)CCC2CCCC2)C1O. The molecule has 7 rings (SSSR count). The van der Waals surface area contributed by atoms with Crippen LogP contribution in [-0.2, 0) is 9.59 Å². The highest BCUT2D eigenvalue weighted by Crippen LogP contribution is 2.61.